The summed E-state index contributed by atoms with van der Waals surface area (Å²) in [5.74, 6) is 0.513. The number of aliphatic hydroxyl groups is 1. The highest BCUT2D eigenvalue weighted by atomic mass is 16.3. The van der Waals surface area contributed by atoms with Gasteiger partial charge in [0.25, 0.3) is 0 Å². The smallest absolute Gasteiger partial charge is 0.0799 e. The second-order valence-corrected chi connectivity index (χ2v) is 4.64. The van der Waals surface area contributed by atoms with Gasteiger partial charge in [-0.25, -0.2) is 0 Å². The highest BCUT2D eigenvalue weighted by Crippen LogP contribution is 2.37. The molecular formula is C11H23NO. The van der Waals surface area contributed by atoms with Crippen LogP contribution >= 0.6 is 0 Å². The monoisotopic (exact) mass is 185 g/mol. The Hall–Kier alpha value is -0.0800. The van der Waals surface area contributed by atoms with E-state index >= 15 is 0 Å². The van der Waals surface area contributed by atoms with Crippen molar-refractivity contribution >= 4 is 0 Å². The first-order valence-electron chi connectivity index (χ1n) is 5.54. The van der Waals surface area contributed by atoms with E-state index in [1.54, 1.807) is 0 Å². The van der Waals surface area contributed by atoms with Crippen LogP contribution in [0.4, 0.5) is 0 Å². The van der Waals surface area contributed by atoms with E-state index < -0.39 is 5.60 Å². The summed E-state index contributed by atoms with van der Waals surface area (Å²) in [4.78, 5) is 0. The Morgan fingerprint density at radius 2 is 2.23 bits per heavy atom. The van der Waals surface area contributed by atoms with Crippen molar-refractivity contribution in [2.24, 2.45) is 5.92 Å². The van der Waals surface area contributed by atoms with Gasteiger partial charge in [0.1, 0.15) is 0 Å². The molecule has 0 saturated heterocycles. The van der Waals surface area contributed by atoms with Gasteiger partial charge in [-0.15, -0.1) is 0 Å². The molecule has 1 fully saturated rings. The molecule has 13 heavy (non-hydrogen) atoms. The molecule has 2 atom stereocenters. The molecule has 0 heterocycles. The predicted molar refractivity (Wildman–Crippen MR) is 55.7 cm³/mol. The molecule has 0 bridgehead atoms. The second-order valence-electron chi connectivity index (χ2n) is 4.64. The van der Waals surface area contributed by atoms with Gasteiger partial charge >= 0.3 is 0 Å². The van der Waals surface area contributed by atoms with E-state index in [4.69, 9.17) is 0 Å². The van der Waals surface area contributed by atoms with Crippen LogP contribution in [-0.4, -0.2) is 23.3 Å². The number of rotatable bonds is 4. The van der Waals surface area contributed by atoms with Gasteiger partial charge in [0.2, 0.25) is 0 Å². The zero-order valence-corrected chi connectivity index (χ0v) is 9.14. The minimum absolute atomic E-state index is 0.418. The van der Waals surface area contributed by atoms with Crippen LogP contribution in [0.1, 0.15) is 46.5 Å². The van der Waals surface area contributed by atoms with Gasteiger partial charge in [0, 0.05) is 12.6 Å². The van der Waals surface area contributed by atoms with Crippen LogP contribution in [0.25, 0.3) is 0 Å². The topological polar surface area (TPSA) is 32.3 Å². The van der Waals surface area contributed by atoms with E-state index in [9.17, 15) is 5.11 Å². The fraction of sp³-hybridized carbons (Fsp3) is 1.00. The van der Waals surface area contributed by atoms with Crippen molar-refractivity contribution in [3.05, 3.63) is 0 Å². The van der Waals surface area contributed by atoms with Crippen molar-refractivity contribution in [2.75, 3.05) is 6.54 Å². The molecule has 0 aliphatic heterocycles. The molecular weight excluding hydrogens is 162 g/mol. The van der Waals surface area contributed by atoms with Crippen LogP contribution < -0.4 is 5.32 Å². The van der Waals surface area contributed by atoms with Crippen molar-refractivity contribution in [2.45, 2.75) is 58.1 Å². The number of hydrogen-bond donors (Lipinski definition) is 2. The van der Waals surface area contributed by atoms with Crippen molar-refractivity contribution in [1.29, 1.82) is 0 Å². The summed E-state index contributed by atoms with van der Waals surface area (Å²) in [5, 5.41) is 13.7. The van der Waals surface area contributed by atoms with Crippen molar-refractivity contribution < 1.29 is 5.11 Å². The number of nitrogens with one attached hydrogen (secondary N) is 1. The molecule has 2 N–H and O–H groups in total. The molecule has 2 nitrogen and oxygen atoms in total. The average molecular weight is 185 g/mol. The molecule has 0 amide bonds. The molecule has 78 valence electrons. The summed E-state index contributed by atoms with van der Waals surface area (Å²) in [5.41, 5.74) is -0.418. The standard InChI is InChI=1S/C11H23NO/c1-4-10-6-5-7-11(10,13)8-12-9(2)3/h9-10,12-13H,4-8H2,1-3H3. The molecule has 2 unspecified atom stereocenters. The normalized spacial score (nSPS) is 34.4. The highest BCUT2D eigenvalue weighted by Gasteiger charge is 2.39. The van der Waals surface area contributed by atoms with E-state index in [0.29, 0.717) is 12.0 Å². The molecule has 0 aromatic carbocycles. The van der Waals surface area contributed by atoms with Gasteiger partial charge in [-0.3, -0.25) is 0 Å². The first-order chi connectivity index (χ1) is 6.08. The van der Waals surface area contributed by atoms with Gasteiger partial charge in [0.15, 0.2) is 0 Å². The zero-order chi connectivity index (χ0) is 9.90. The maximum atomic E-state index is 10.3. The largest absolute Gasteiger partial charge is 0.388 e. The van der Waals surface area contributed by atoms with E-state index in [1.165, 1.54) is 12.8 Å². The Morgan fingerprint density at radius 3 is 2.77 bits per heavy atom. The van der Waals surface area contributed by atoms with Gasteiger partial charge in [0.05, 0.1) is 5.60 Å². The molecule has 1 aliphatic carbocycles. The second kappa shape index (κ2) is 4.43. The van der Waals surface area contributed by atoms with Crippen LogP contribution in [0.5, 0.6) is 0 Å². The Morgan fingerprint density at radius 1 is 1.54 bits per heavy atom. The summed E-state index contributed by atoms with van der Waals surface area (Å²) in [6.45, 7) is 7.19. The third-order valence-corrected chi connectivity index (χ3v) is 3.23. The maximum absolute atomic E-state index is 10.3. The zero-order valence-electron chi connectivity index (χ0n) is 9.14. The average Bonchev–Trinajstić information content (AvgIpc) is 2.44. The molecule has 0 radical (unpaired) electrons. The van der Waals surface area contributed by atoms with Crippen molar-refractivity contribution in [1.82, 2.24) is 5.32 Å². The quantitative estimate of drug-likeness (QED) is 0.701. The molecule has 2 heteroatoms. The van der Waals surface area contributed by atoms with E-state index in [1.807, 2.05) is 0 Å². The first-order valence-corrected chi connectivity index (χ1v) is 5.54. The maximum Gasteiger partial charge on any atom is 0.0799 e. The summed E-state index contributed by atoms with van der Waals surface area (Å²) in [6, 6.07) is 0.474. The fourth-order valence-electron chi connectivity index (χ4n) is 2.33. The number of hydrogen-bond acceptors (Lipinski definition) is 2. The van der Waals surface area contributed by atoms with Crippen LogP contribution in [0.2, 0.25) is 0 Å². The lowest BCUT2D eigenvalue weighted by molar-refractivity contribution is 0.000482. The van der Waals surface area contributed by atoms with Gasteiger partial charge in [-0.1, -0.05) is 33.6 Å². The Bertz CT molecular complexity index is 158. The van der Waals surface area contributed by atoms with Crippen LogP contribution in [0.15, 0.2) is 0 Å². The SMILES string of the molecule is CCC1CCCC1(O)CNC(C)C. The summed E-state index contributed by atoms with van der Waals surface area (Å²) < 4.78 is 0. The minimum atomic E-state index is -0.418. The molecule has 1 rings (SSSR count). The molecule has 0 aromatic heterocycles. The van der Waals surface area contributed by atoms with Crippen LogP contribution in [0, 0.1) is 5.92 Å². The summed E-state index contributed by atoms with van der Waals surface area (Å²) in [6.07, 6.45) is 4.48. The van der Waals surface area contributed by atoms with E-state index in [2.05, 4.69) is 26.1 Å². The minimum Gasteiger partial charge on any atom is -0.388 e. The molecule has 1 saturated carbocycles. The Balaban J connectivity index is 2.43. The van der Waals surface area contributed by atoms with Crippen molar-refractivity contribution in [3.8, 4) is 0 Å². The van der Waals surface area contributed by atoms with Gasteiger partial charge in [-0.05, 0) is 18.8 Å². The third-order valence-electron chi connectivity index (χ3n) is 3.23. The lowest BCUT2D eigenvalue weighted by Crippen LogP contribution is -2.45. The highest BCUT2D eigenvalue weighted by molar-refractivity contribution is 4.93. The predicted octanol–water partition coefficient (Wildman–Crippen LogP) is 1.93. The van der Waals surface area contributed by atoms with E-state index in [-0.39, 0.29) is 0 Å². The third kappa shape index (κ3) is 2.68. The van der Waals surface area contributed by atoms with Gasteiger partial charge < -0.3 is 10.4 Å². The van der Waals surface area contributed by atoms with E-state index in [0.717, 1.165) is 19.4 Å². The molecule has 0 spiro atoms. The lowest BCUT2D eigenvalue weighted by atomic mass is 9.88. The molecule has 1 aliphatic rings. The Labute approximate surface area is 81.7 Å². The fourth-order valence-corrected chi connectivity index (χ4v) is 2.33. The first kappa shape index (κ1) is 11.0. The lowest BCUT2D eigenvalue weighted by Gasteiger charge is -2.30. The van der Waals surface area contributed by atoms with Gasteiger partial charge in [-0.2, -0.15) is 0 Å². The van der Waals surface area contributed by atoms with Crippen LogP contribution in [-0.2, 0) is 0 Å². The molecule has 0 aromatic rings. The summed E-state index contributed by atoms with van der Waals surface area (Å²) in [7, 11) is 0. The van der Waals surface area contributed by atoms with Crippen LogP contribution in [0.3, 0.4) is 0 Å². The van der Waals surface area contributed by atoms with Crippen molar-refractivity contribution in [3.63, 3.8) is 0 Å². The summed E-state index contributed by atoms with van der Waals surface area (Å²) >= 11 is 0. The Kier molecular flexibility index (Phi) is 3.74.